The summed E-state index contributed by atoms with van der Waals surface area (Å²) in [6.07, 6.45) is 0. The summed E-state index contributed by atoms with van der Waals surface area (Å²) in [6, 6.07) is 6.27. The minimum absolute atomic E-state index is 0.227. The summed E-state index contributed by atoms with van der Waals surface area (Å²) in [4.78, 5) is 11.8. The van der Waals surface area contributed by atoms with E-state index in [-0.39, 0.29) is 11.4 Å². The summed E-state index contributed by atoms with van der Waals surface area (Å²) in [5, 5.41) is 20.8. The van der Waals surface area contributed by atoms with E-state index in [0.29, 0.717) is 11.0 Å². The molecule has 5 heteroatoms. The van der Waals surface area contributed by atoms with Gasteiger partial charge in [0.2, 0.25) is 0 Å². The van der Waals surface area contributed by atoms with Crippen LogP contribution >= 0.6 is 0 Å². The van der Waals surface area contributed by atoms with E-state index in [1.54, 1.807) is 18.2 Å². The van der Waals surface area contributed by atoms with E-state index in [1.165, 1.54) is 6.07 Å². The maximum atomic E-state index is 11.8. The van der Waals surface area contributed by atoms with E-state index < -0.39 is 7.12 Å². The Labute approximate surface area is 95.4 Å². The van der Waals surface area contributed by atoms with Crippen molar-refractivity contribution in [2.75, 3.05) is 0 Å². The van der Waals surface area contributed by atoms with E-state index >= 15 is 0 Å². The Balaban J connectivity index is 2.88. The number of rotatable bonds is 2. The van der Waals surface area contributed by atoms with Gasteiger partial charge in [0.1, 0.15) is 0 Å². The van der Waals surface area contributed by atoms with Crippen molar-refractivity contribution in [2.24, 2.45) is 0 Å². The number of carbonyl (C=O) groups is 1. The first-order chi connectivity index (χ1) is 7.29. The lowest BCUT2D eigenvalue weighted by Crippen LogP contribution is -2.41. The van der Waals surface area contributed by atoms with Crippen LogP contribution in [0.4, 0.5) is 0 Å². The monoisotopic (exact) mass is 221 g/mol. The molecule has 0 aliphatic heterocycles. The van der Waals surface area contributed by atoms with Gasteiger partial charge in [0.05, 0.1) is 0 Å². The van der Waals surface area contributed by atoms with Crippen LogP contribution in [0.3, 0.4) is 0 Å². The van der Waals surface area contributed by atoms with Gasteiger partial charge in [-0.25, -0.2) is 0 Å². The van der Waals surface area contributed by atoms with E-state index in [0.717, 1.165) is 0 Å². The molecule has 0 fully saturated rings. The molecule has 16 heavy (non-hydrogen) atoms. The molecule has 0 atom stereocenters. The number of hydrogen-bond acceptors (Lipinski definition) is 3. The lowest BCUT2D eigenvalue weighted by atomic mass is 9.79. The molecule has 1 aromatic carbocycles. The van der Waals surface area contributed by atoms with E-state index in [2.05, 4.69) is 5.32 Å². The highest BCUT2D eigenvalue weighted by Gasteiger charge is 2.17. The van der Waals surface area contributed by atoms with Crippen LogP contribution in [0.2, 0.25) is 0 Å². The van der Waals surface area contributed by atoms with Crippen molar-refractivity contribution in [1.29, 1.82) is 0 Å². The zero-order chi connectivity index (χ0) is 12.3. The van der Waals surface area contributed by atoms with Crippen LogP contribution in [0.15, 0.2) is 24.3 Å². The predicted molar refractivity (Wildman–Crippen MR) is 63.5 cm³/mol. The molecule has 0 bridgehead atoms. The smallest absolute Gasteiger partial charge is 0.423 e. The molecular weight excluding hydrogens is 205 g/mol. The molecule has 1 rings (SSSR count). The third kappa shape index (κ3) is 3.68. The van der Waals surface area contributed by atoms with Gasteiger partial charge < -0.3 is 15.4 Å². The number of hydrogen-bond donors (Lipinski definition) is 3. The lowest BCUT2D eigenvalue weighted by Gasteiger charge is -2.20. The molecule has 0 unspecified atom stereocenters. The first-order valence-corrected chi connectivity index (χ1v) is 5.08. The van der Waals surface area contributed by atoms with Crippen molar-refractivity contribution in [2.45, 2.75) is 26.3 Å². The Morgan fingerprint density at radius 2 is 1.94 bits per heavy atom. The third-order valence-electron chi connectivity index (χ3n) is 1.94. The first kappa shape index (κ1) is 12.7. The fourth-order valence-electron chi connectivity index (χ4n) is 1.25. The maximum absolute atomic E-state index is 11.8. The highest BCUT2D eigenvalue weighted by molar-refractivity contribution is 6.58. The maximum Gasteiger partial charge on any atom is 0.488 e. The molecule has 0 aromatic heterocycles. The first-order valence-electron chi connectivity index (χ1n) is 5.08. The van der Waals surface area contributed by atoms with Gasteiger partial charge in [-0.1, -0.05) is 12.1 Å². The Hall–Kier alpha value is -1.33. The highest BCUT2D eigenvalue weighted by atomic mass is 16.4. The quantitative estimate of drug-likeness (QED) is 0.610. The Kier molecular flexibility index (Phi) is 3.72. The fourth-order valence-corrected chi connectivity index (χ4v) is 1.25. The molecule has 86 valence electrons. The van der Waals surface area contributed by atoms with Gasteiger partial charge in [-0.3, -0.25) is 4.79 Å². The van der Waals surface area contributed by atoms with Gasteiger partial charge in [0.25, 0.3) is 5.91 Å². The summed E-state index contributed by atoms with van der Waals surface area (Å²) in [7, 11) is -1.55. The summed E-state index contributed by atoms with van der Waals surface area (Å²) >= 11 is 0. The van der Waals surface area contributed by atoms with Crippen LogP contribution in [0, 0.1) is 0 Å². The van der Waals surface area contributed by atoms with Crippen LogP contribution in [-0.4, -0.2) is 28.6 Å². The van der Waals surface area contributed by atoms with E-state index in [9.17, 15) is 4.79 Å². The molecule has 0 radical (unpaired) electrons. The fraction of sp³-hybridized carbons (Fsp3) is 0.364. The number of amides is 1. The molecule has 0 heterocycles. The van der Waals surface area contributed by atoms with E-state index in [1.807, 2.05) is 20.8 Å². The van der Waals surface area contributed by atoms with Crippen molar-refractivity contribution in [3.05, 3.63) is 29.8 Å². The molecule has 0 aliphatic carbocycles. The molecule has 1 aromatic rings. The standard InChI is InChI=1S/C11H16BNO3/c1-11(2,3)13-10(14)8-5-4-6-9(7-8)12(15)16/h4-7,15-16H,1-3H3,(H,13,14). The van der Waals surface area contributed by atoms with Crippen LogP contribution in [0.1, 0.15) is 31.1 Å². The van der Waals surface area contributed by atoms with Crippen molar-refractivity contribution in [3.63, 3.8) is 0 Å². The third-order valence-corrected chi connectivity index (χ3v) is 1.94. The molecule has 0 aliphatic rings. The van der Waals surface area contributed by atoms with Gasteiger partial charge >= 0.3 is 7.12 Å². The summed E-state index contributed by atoms with van der Waals surface area (Å²) < 4.78 is 0. The van der Waals surface area contributed by atoms with Crippen molar-refractivity contribution < 1.29 is 14.8 Å². The van der Waals surface area contributed by atoms with Gasteiger partial charge in [0.15, 0.2) is 0 Å². The molecule has 0 saturated heterocycles. The Bertz CT molecular complexity index is 385. The Morgan fingerprint density at radius 3 is 2.44 bits per heavy atom. The minimum Gasteiger partial charge on any atom is -0.423 e. The van der Waals surface area contributed by atoms with Gasteiger partial charge in [-0.2, -0.15) is 0 Å². The average Bonchev–Trinajstić information content (AvgIpc) is 2.15. The van der Waals surface area contributed by atoms with Crippen LogP contribution in [-0.2, 0) is 0 Å². The highest BCUT2D eigenvalue weighted by Crippen LogP contribution is 2.03. The van der Waals surface area contributed by atoms with Crippen molar-refractivity contribution in [1.82, 2.24) is 5.32 Å². The molecule has 4 nitrogen and oxygen atoms in total. The second-order valence-corrected chi connectivity index (χ2v) is 4.70. The van der Waals surface area contributed by atoms with Crippen LogP contribution in [0.25, 0.3) is 0 Å². The van der Waals surface area contributed by atoms with Crippen molar-refractivity contribution >= 4 is 18.5 Å². The second kappa shape index (κ2) is 4.68. The number of benzene rings is 1. The van der Waals surface area contributed by atoms with Gasteiger partial charge in [-0.05, 0) is 38.4 Å². The number of carbonyl (C=O) groups excluding carboxylic acids is 1. The van der Waals surface area contributed by atoms with Crippen LogP contribution in [0.5, 0.6) is 0 Å². The van der Waals surface area contributed by atoms with E-state index in [4.69, 9.17) is 10.0 Å². The SMILES string of the molecule is CC(C)(C)NC(=O)c1cccc(B(O)O)c1. The second-order valence-electron chi connectivity index (χ2n) is 4.70. The zero-order valence-corrected chi connectivity index (χ0v) is 9.69. The summed E-state index contributed by atoms with van der Waals surface area (Å²) in [6.45, 7) is 5.65. The lowest BCUT2D eigenvalue weighted by molar-refractivity contribution is 0.0919. The minimum atomic E-state index is -1.55. The van der Waals surface area contributed by atoms with Crippen molar-refractivity contribution in [3.8, 4) is 0 Å². The summed E-state index contributed by atoms with van der Waals surface area (Å²) in [5.74, 6) is -0.227. The van der Waals surface area contributed by atoms with Gasteiger partial charge in [0, 0.05) is 11.1 Å². The zero-order valence-electron chi connectivity index (χ0n) is 9.69. The molecule has 0 spiro atoms. The van der Waals surface area contributed by atoms with Gasteiger partial charge in [-0.15, -0.1) is 0 Å². The Morgan fingerprint density at radius 1 is 1.31 bits per heavy atom. The predicted octanol–water partition coefficient (Wildman–Crippen LogP) is -0.105. The molecule has 3 N–H and O–H groups in total. The molecule has 1 amide bonds. The topological polar surface area (TPSA) is 69.6 Å². The normalized spacial score (nSPS) is 11.1. The summed E-state index contributed by atoms with van der Waals surface area (Å²) in [5.41, 5.74) is 0.410. The molecule has 0 saturated carbocycles. The van der Waals surface area contributed by atoms with Crippen LogP contribution < -0.4 is 10.8 Å². The number of nitrogens with one attached hydrogen (secondary N) is 1. The molecular formula is C11H16BNO3. The largest absolute Gasteiger partial charge is 0.488 e. The average molecular weight is 221 g/mol.